The van der Waals surface area contributed by atoms with Crippen LogP contribution in [0.5, 0.6) is 5.75 Å². The third kappa shape index (κ3) is 4.25. The minimum absolute atomic E-state index is 0.247. The van der Waals surface area contributed by atoms with Gasteiger partial charge in [0.2, 0.25) is 0 Å². The molecule has 1 atom stereocenters. The molecule has 8 heteroatoms. The average molecular weight is 425 g/mol. The summed E-state index contributed by atoms with van der Waals surface area (Å²) >= 11 is 0. The van der Waals surface area contributed by atoms with Gasteiger partial charge in [-0.25, -0.2) is 9.07 Å². The Balaban J connectivity index is 1.65. The molecule has 0 N–H and O–H groups in total. The van der Waals surface area contributed by atoms with Crippen molar-refractivity contribution in [2.45, 2.75) is 32.4 Å². The summed E-state index contributed by atoms with van der Waals surface area (Å²) in [6, 6.07) is 14.6. The van der Waals surface area contributed by atoms with E-state index >= 15 is 0 Å². The van der Waals surface area contributed by atoms with Crippen molar-refractivity contribution in [1.82, 2.24) is 25.1 Å². The second kappa shape index (κ2) is 8.63. The van der Waals surface area contributed by atoms with Gasteiger partial charge in [-0.1, -0.05) is 30.3 Å². The number of halogens is 1. The van der Waals surface area contributed by atoms with Crippen molar-refractivity contribution in [3.05, 3.63) is 65.7 Å². The SMILES string of the molecule is COc1ccccc1N1CCN(C(c2ccccc2F)c2nnnn2C(C)(C)C)CC1. The highest BCUT2D eigenvalue weighted by molar-refractivity contribution is 5.58. The summed E-state index contributed by atoms with van der Waals surface area (Å²) in [5, 5.41) is 12.5. The van der Waals surface area contributed by atoms with E-state index in [0.717, 1.165) is 37.6 Å². The Hall–Kier alpha value is -3.00. The zero-order valence-corrected chi connectivity index (χ0v) is 18.5. The number of tetrazole rings is 1. The fourth-order valence-corrected chi connectivity index (χ4v) is 4.15. The molecular formula is C23H29FN6O. The Morgan fingerprint density at radius 2 is 1.65 bits per heavy atom. The Morgan fingerprint density at radius 3 is 2.32 bits per heavy atom. The summed E-state index contributed by atoms with van der Waals surface area (Å²) in [5.74, 6) is 1.27. The maximum Gasteiger partial charge on any atom is 0.173 e. The standard InChI is InChI=1S/C23H29FN6O/c1-23(2,3)30-22(25-26-27-30)21(17-9-5-6-10-18(17)24)29-15-13-28(14-16-29)19-11-7-8-12-20(19)31-4/h5-12,21H,13-16H2,1-4H3. The van der Waals surface area contributed by atoms with Gasteiger partial charge >= 0.3 is 0 Å². The second-order valence-electron chi connectivity index (χ2n) is 8.74. The number of benzene rings is 2. The highest BCUT2D eigenvalue weighted by atomic mass is 19.1. The van der Waals surface area contributed by atoms with Gasteiger partial charge in [-0.05, 0) is 49.4 Å². The molecule has 3 aromatic rings. The van der Waals surface area contributed by atoms with E-state index in [1.807, 2.05) is 51.1 Å². The van der Waals surface area contributed by atoms with Gasteiger partial charge < -0.3 is 9.64 Å². The van der Waals surface area contributed by atoms with Crippen molar-refractivity contribution in [3.63, 3.8) is 0 Å². The molecule has 0 amide bonds. The van der Waals surface area contributed by atoms with Crippen LogP contribution in [0.25, 0.3) is 0 Å². The molecule has 164 valence electrons. The molecular weight excluding hydrogens is 395 g/mol. The molecule has 0 bridgehead atoms. The van der Waals surface area contributed by atoms with Crippen molar-refractivity contribution in [3.8, 4) is 5.75 Å². The van der Waals surface area contributed by atoms with Crippen molar-refractivity contribution >= 4 is 5.69 Å². The predicted octanol–water partition coefficient (Wildman–Crippen LogP) is 3.49. The van der Waals surface area contributed by atoms with Crippen LogP contribution in [0.1, 0.15) is 38.2 Å². The summed E-state index contributed by atoms with van der Waals surface area (Å²) < 4.78 is 22.3. The zero-order chi connectivity index (χ0) is 22.0. The largest absolute Gasteiger partial charge is 0.495 e. The summed E-state index contributed by atoms with van der Waals surface area (Å²) in [6.45, 7) is 9.22. The zero-order valence-electron chi connectivity index (χ0n) is 18.5. The first-order valence-corrected chi connectivity index (χ1v) is 10.6. The van der Waals surface area contributed by atoms with Crippen LogP contribution in [0.3, 0.4) is 0 Å². The first kappa shape index (κ1) is 21.2. The predicted molar refractivity (Wildman–Crippen MR) is 118 cm³/mol. The van der Waals surface area contributed by atoms with Gasteiger partial charge in [0, 0.05) is 31.7 Å². The number of para-hydroxylation sites is 2. The maximum absolute atomic E-state index is 14.9. The Labute approximate surface area is 182 Å². The van der Waals surface area contributed by atoms with Gasteiger partial charge in [0.15, 0.2) is 5.82 Å². The van der Waals surface area contributed by atoms with Crippen molar-refractivity contribution in [2.75, 3.05) is 38.2 Å². The number of ether oxygens (including phenoxy) is 1. The van der Waals surface area contributed by atoms with Crippen LogP contribution < -0.4 is 9.64 Å². The fraction of sp³-hybridized carbons (Fsp3) is 0.435. The Kier molecular flexibility index (Phi) is 5.91. The number of rotatable bonds is 5. The van der Waals surface area contributed by atoms with Gasteiger partial charge in [-0.15, -0.1) is 5.10 Å². The molecule has 31 heavy (non-hydrogen) atoms. The van der Waals surface area contributed by atoms with E-state index in [0.29, 0.717) is 11.4 Å². The number of nitrogens with zero attached hydrogens (tertiary/aromatic N) is 6. The smallest absolute Gasteiger partial charge is 0.173 e. The van der Waals surface area contributed by atoms with Crippen LogP contribution >= 0.6 is 0 Å². The van der Waals surface area contributed by atoms with Crippen LogP contribution in [-0.4, -0.2) is 58.4 Å². The van der Waals surface area contributed by atoms with E-state index in [4.69, 9.17) is 4.74 Å². The third-order valence-corrected chi connectivity index (χ3v) is 5.68. The van der Waals surface area contributed by atoms with E-state index in [2.05, 4.69) is 31.4 Å². The van der Waals surface area contributed by atoms with Crippen molar-refractivity contribution < 1.29 is 9.13 Å². The average Bonchev–Trinajstić information content (AvgIpc) is 3.26. The minimum atomic E-state index is -0.366. The molecule has 0 radical (unpaired) electrons. The molecule has 1 saturated heterocycles. The molecule has 0 saturated carbocycles. The molecule has 1 aliphatic heterocycles. The number of hydrogen-bond donors (Lipinski definition) is 0. The van der Waals surface area contributed by atoms with Crippen molar-refractivity contribution in [1.29, 1.82) is 0 Å². The first-order valence-electron chi connectivity index (χ1n) is 10.6. The van der Waals surface area contributed by atoms with Crippen LogP contribution in [-0.2, 0) is 5.54 Å². The molecule has 4 rings (SSSR count). The van der Waals surface area contributed by atoms with Gasteiger partial charge in [0.25, 0.3) is 0 Å². The third-order valence-electron chi connectivity index (χ3n) is 5.68. The highest BCUT2D eigenvalue weighted by Crippen LogP contribution is 2.34. The molecule has 0 spiro atoms. The van der Waals surface area contributed by atoms with E-state index in [1.54, 1.807) is 17.9 Å². The highest BCUT2D eigenvalue weighted by Gasteiger charge is 2.34. The summed E-state index contributed by atoms with van der Waals surface area (Å²) in [4.78, 5) is 4.57. The van der Waals surface area contributed by atoms with E-state index < -0.39 is 0 Å². The van der Waals surface area contributed by atoms with Crippen LogP contribution in [0, 0.1) is 5.82 Å². The van der Waals surface area contributed by atoms with Gasteiger partial charge in [0.1, 0.15) is 17.6 Å². The van der Waals surface area contributed by atoms with Crippen LogP contribution in [0.4, 0.5) is 10.1 Å². The Bertz CT molecular complexity index is 1020. The molecule has 2 heterocycles. The van der Waals surface area contributed by atoms with Gasteiger partial charge in [0.05, 0.1) is 18.3 Å². The quantitative estimate of drug-likeness (QED) is 0.625. The molecule has 7 nitrogen and oxygen atoms in total. The topological polar surface area (TPSA) is 59.3 Å². The molecule has 0 aliphatic carbocycles. The Morgan fingerprint density at radius 1 is 0.968 bits per heavy atom. The molecule has 1 aliphatic rings. The van der Waals surface area contributed by atoms with E-state index in [-0.39, 0.29) is 17.4 Å². The van der Waals surface area contributed by atoms with E-state index in [9.17, 15) is 4.39 Å². The second-order valence-corrected chi connectivity index (χ2v) is 8.74. The molecule has 2 aromatic carbocycles. The normalized spacial score (nSPS) is 16.4. The summed E-state index contributed by atoms with van der Waals surface area (Å²) in [6.07, 6.45) is 0. The summed E-state index contributed by atoms with van der Waals surface area (Å²) in [7, 11) is 1.69. The molecule has 1 fully saturated rings. The number of aromatic nitrogens is 4. The number of methoxy groups -OCH3 is 1. The van der Waals surface area contributed by atoms with E-state index in [1.165, 1.54) is 6.07 Å². The molecule has 1 unspecified atom stereocenters. The van der Waals surface area contributed by atoms with Gasteiger partial charge in [-0.2, -0.15) is 0 Å². The number of anilines is 1. The minimum Gasteiger partial charge on any atom is -0.495 e. The fourth-order valence-electron chi connectivity index (χ4n) is 4.15. The lowest BCUT2D eigenvalue weighted by Crippen LogP contribution is -2.49. The van der Waals surface area contributed by atoms with Crippen molar-refractivity contribution in [2.24, 2.45) is 0 Å². The monoisotopic (exact) mass is 424 g/mol. The van der Waals surface area contributed by atoms with Crippen LogP contribution in [0.15, 0.2) is 48.5 Å². The first-order chi connectivity index (χ1) is 14.9. The van der Waals surface area contributed by atoms with Crippen LogP contribution in [0.2, 0.25) is 0 Å². The lowest BCUT2D eigenvalue weighted by Gasteiger charge is -2.40. The maximum atomic E-state index is 14.9. The lowest BCUT2D eigenvalue weighted by atomic mass is 10.0. The number of piperazine rings is 1. The van der Waals surface area contributed by atoms with Gasteiger partial charge in [-0.3, -0.25) is 4.90 Å². The molecule has 1 aromatic heterocycles. The summed E-state index contributed by atoms with van der Waals surface area (Å²) in [5.41, 5.74) is 1.35. The number of hydrogen-bond acceptors (Lipinski definition) is 6. The lowest BCUT2D eigenvalue weighted by molar-refractivity contribution is 0.188.